The summed E-state index contributed by atoms with van der Waals surface area (Å²) >= 11 is 0. The van der Waals surface area contributed by atoms with Gasteiger partial charge in [0.1, 0.15) is 12.4 Å². The summed E-state index contributed by atoms with van der Waals surface area (Å²) in [6, 6.07) is 12.8. The second-order valence-electron chi connectivity index (χ2n) is 6.20. The van der Waals surface area contributed by atoms with E-state index < -0.39 is 0 Å². The van der Waals surface area contributed by atoms with E-state index >= 15 is 0 Å². The molecule has 0 atom stereocenters. The van der Waals surface area contributed by atoms with Crippen molar-refractivity contribution in [2.45, 2.75) is 20.3 Å². The maximum atomic E-state index is 12.2. The van der Waals surface area contributed by atoms with Gasteiger partial charge in [-0.3, -0.25) is 9.59 Å². The number of carbonyl (C=O) groups is 2. The van der Waals surface area contributed by atoms with Gasteiger partial charge in [0.15, 0.2) is 0 Å². The number of rotatable bonds is 10. The molecule has 0 saturated carbocycles. The summed E-state index contributed by atoms with van der Waals surface area (Å²) in [6.07, 6.45) is 0.397. The summed E-state index contributed by atoms with van der Waals surface area (Å²) in [5.74, 6) is 0.445. The van der Waals surface area contributed by atoms with E-state index in [9.17, 15) is 9.59 Å². The van der Waals surface area contributed by atoms with Crippen LogP contribution in [0.25, 0.3) is 0 Å². The van der Waals surface area contributed by atoms with Crippen molar-refractivity contribution in [1.29, 1.82) is 0 Å². The molecule has 0 unspecified atom stereocenters. The van der Waals surface area contributed by atoms with E-state index in [0.717, 1.165) is 11.3 Å². The number of hydrogen-bond donors (Lipinski definition) is 3. The number of anilines is 3. The minimum atomic E-state index is -0.192. The third kappa shape index (κ3) is 6.92. The summed E-state index contributed by atoms with van der Waals surface area (Å²) in [7, 11) is 1.62. The zero-order valence-corrected chi connectivity index (χ0v) is 16.5. The average Bonchev–Trinajstić information content (AvgIpc) is 2.69. The van der Waals surface area contributed by atoms with Gasteiger partial charge in [-0.2, -0.15) is 0 Å². The van der Waals surface area contributed by atoms with E-state index in [0.29, 0.717) is 36.8 Å². The van der Waals surface area contributed by atoms with Gasteiger partial charge in [-0.25, -0.2) is 0 Å². The Kier molecular flexibility index (Phi) is 8.30. The van der Waals surface area contributed by atoms with E-state index in [4.69, 9.17) is 9.47 Å². The zero-order valence-electron chi connectivity index (χ0n) is 16.5. The molecule has 150 valence electrons. The molecule has 0 bridgehead atoms. The molecule has 2 aromatic rings. The highest BCUT2D eigenvalue weighted by Gasteiger charge is 2.07. The molecular formula is C21H27N3O4. The zero-order chi connectivity index (χ0) is 20.4. The molecule has 0 fully saturated rings. The molecule has 7 heteroatoms. The molecule has 28 heavy (non-hydrogen) atoms. The molecule has 3 N–H and O–H groups in total. The van der Waals surface area contributed by atoms with Crippen LogP contribution < -0.4 is 20.7 Å². The average molecular weight is 385 g/mol. The number of nitrogens with one attached hydrogen (secondary N) is 3. The van der Waals surface area contributed by atoms with E-state index in [2.05, 4.69) is 16.0 Å². The topological polar surface area (TPSA) is 88.7 Å². The van der Waals surface area contributed by atoms with Crippen molar-refractivity contribution in [2.24, 2.45) is 0 Å². The number of carbonyl (C=O) groups excluding carboxylic acids is 2. The molecule has 2 rings (SSSR count). The lowest BCUT2D eigenvalue weighted by molar-refractivity contribution is -0.116. The molecular weight excluding hydrogens is 358 g/mol. The van der Waals surface area contributed by atoms with E-state index in [-0.39, 0.29) is 18.4 Å². The Morgan fingerprint density at radius 3 is 2.54 bits per heavy atom. The first-order valence-electron chi connectivity index (χ1n) is 9.18. The van der Waals surface area contributed by atoms with Crippen molar-refractivity contribution in [3.05, 3.63) is 48.0 Å². The van der Waals surface area contributed by atoms with Crippen molar-refractivity contribution in [1.82, 2.24) is 0 Å². The first-order valence-corrected chi connectivity index (χ1v) is 9.18. The van der Waals surface area contributed by atoms with Crippen LogP contribution in [0.2, 0.25) is 0 Å². The maximum absolute atomic E-state index is 12.2. The number of benzene rings is 2. The summed E-state index contributed by atoms with van der Waals surface area (Å²) in [4.78, 5) is 23.9. The molecule has 0 aromatic heterocycles. The molecule has 0 radical (unpaired) electrons. The van der Waals surface area contributed by atoms with Gasteiger partial charge in [0, 0.05) is 36.7 Å². The maximum Gasteiger partial charge on any atom is 0.243 e. The lowest BCUT2D eigenvalue weighted by Crippen LogP contribution is -2.22. The predicted octanol–water partition coefficient (Wildman–Crippen LogP) is 3.42. The van der Waals surface area contributed by atoms with Crippen LogP contribution in [0.15, 0.2) is 42.5 Å². The van der Waals surface area contributed by atoms with Gasteiger partial charge in [0.2, 0.25) is 11.8 Å². The fourth-order valence-corrected chi connectivity index (χ4v) is 2.40. The Labute approximate surface area is 165 Å². The van der Waals surface area contributed by atoms with E-state index in [1.54, 1.807) is 26.2 Å². The molecule has 2 amide bonds. The van der Waals surface area contributed by atoms with Crippen molar-refractivity contribution < 1.29 is 19.1 Å². The van der Waals surface area contributed by atoms with Crippen molar-refractivity contribution in [3.8, 4) is 5.75 Å². The summed E-state index contributed by atoms with van der Waals surface area (Å²) < 4.78 is 10.5. The lowest BCUT2D eigenvalue weighted by atomic mass is 10.1. The SMILES string of the molecule is CCC(=O)Nc1cc(NC(=O)CNc2cccc(OCCOC)c2)ccc1C. The van der Waals surface area contributed by atoms with Crippen LogP contribution in [0.1, 0.15) is 18.9 Å². The first kappa shape index (κ1) is 21.2. The molecule has 2 aromatic carbocycles. The fourth-order valence-electron chi connectivity index (χ4n) is 2.40. The highest BCUT2D eigenvalue weighted by molar-refractivity contribution is 5.96. The van der Waals surface area contributed by atoms with Gasteiger partial charge >= 0.3 is 0 Å². The number of ether oxygens (including phenoxy) is 2. The molecule has 0 spiro atoms. The van der Waals surface area contributed by atoms with E-state index in [1.807, 2.05) is 37.3 Å². The van der Waals surface area contributed by atoms with E-state index in [1.165, 1.54) is 0 Å². The Hall–Kier alpha value is -3.06. The van der Waals surface area contributed by atoms with Crippen LogP contribution in [0, 0.1) is 6.92 Å². The summed E-state index contributed by atoms with van der Waals surface area (Å²) in [5, 5.41) is 8.73. The van der Waals surface area contributed by atoms with Crippen LogP contribution in [-0.2, 0) is 14.3 Å². The number of hydrogen-bond acceptors (Lipinski definition) is 5. The Balaban J connectivity index is 1.89. The standard InChI is InChI=1S/C21H27N3O4/c1-4-20(25)24-19-13-17(9-8-15(19)2)23-21(26)14-22-16-6-5-7-18(12-16)28-11-10-27-3/h5-9,12-13,22H,4,10-11,14H2,1-3H3,(H,23,26)(H,24,25). The van der Waals surface area contributed by atoms with Crippen molar-refractivity contribution in [3.63, 3.8) is 0 Å². The van der Waals surface area contributed by atoms with Crippen LogP contribution >= 0.6 is 0 Å². The monoisotopic (exact) mass is 385 g/mol. The predicted molar refractivity (Wildman–Crippen MR) is 111 cm³/mol. The second-order valence-corrected chi connectivity index (χ2v) is 6.20. The van der Waals surface area contributed by atoms with Gasteiger partial charge in [-0.05, 0) is 36.8 Å². The summed E-state index contributed by atoms with van der Waals surface area (Å²) in [6.45, 7) is 4.77. The van der Waals surface area contributed by atoms with Gasteiger partial charge in [0.05, 0.1) is 13.2 Å². The smallest absolute Gasteiger partial charge is 0.243 e. The van der Waals surface area contributed by atoms with Gasteiger partial charge < -0.3 is 25.4 Å². The number of aryl methyl sites for hydroxylation is 1. The molecule has 0 aliphatic heterocycles. The van der Waals surface area contributed by atoms with Crippen molar-refractivity contribution >= 4 is 28.9 Å². The number of methoxy groups -OCH3 is 1. The highest BCUT2D eigenvalue weighted by Crippen LogP contribution is 2.21. The summed E-state index contributed by atoms with van der Waals surface area (Å²) in [5.41, 5.74) is 3.03. The Morgan fingerprint density at radius 1 is 0.964 bits per heavy atom. The van der Waals surface area contributed by atoms with Gasteiger partial charge in [-0.1, -0.05) is 19.1 Å². The number of amides is 2. The van der Waals surface area contributed by atoms with Crippen molar-refractivity contribution in [2.75, 3.05) is 42.8 Å². The van der Waals surface area contributed by atoms with Crippen LogP contribution in [0.3, 0.4) is 0 Å². The minimum absolute atomic E-state index is 0.0687. The third-order valence-electron chi connectivity index (χ3n) is 3.96. The van der Waals surface area contributed by atoms with Crippen LogP contribution in [-0.4, -0.2) is 38.7 Å². The fraction of sp³-hybridized carbons (Fsp3) is 0.333. The second kappa shape index (κ2) is 10.9. The Bertz CT molecular complexity index is 808. The normalized spacial score (nSPS) is 10.2. The largest absolute Gasteiger partial charge is 0.491 e. The quantitative estimate of drug-likeness (QED) is 0.546. The molecule has 0 heterocycles. The highest BCUT2D eigenvalue weighted by atomic mass is 16.5. The van der Waals surface area contributed by atoms with Crippen LogP contribution in [0.4, 0.5) is 17.1 Å². The lowest BCUT2D eigenvalue weighted by Gasteiger charge is -2.12. The first-order chi connectivity index (χ1) is 13.5. The van der Waals surface area contributed by atoms with Gasteiger partial charge in [0.25, 0.3) is 0 Å². The van der Waals surface area contributed by atoms with Gasteiger partial charge in [-0.15, -0.1) is 0 Å². The third-order valence-corrected chi connectivity index (χ3v) is 3.96. The Morgan fingerprint density at radius 2 is 1.79 bits per heavy atom. The molecule has 0 aliphatic rings. The molecule has 7 nitrogen and oxygen atoms in total. The molecule has 0 saturated heterocycles. The molecule has 0 aliphatic carbocycles. The minimum Gasteiger partial charge on any atom is -0.491 e. The van der Waals surface area contributed by atoms with Crippen LogP contribution in [0.5, 0.6) is 5.75 Å².